The molecule has 1 aromatic heterocycles. The van der Waals surface area contributed by atoms with Gasteiger partial charge in [0.15, 0.2) is 11.7 Å². The maximum atomic E-state index is 15.1. The number of nitrogens with two attached hydrogens (primary N) is 1. The lowest BCUT2D eigenvalue weighted by Crippen LogP contribution is -2.62. The molecule has 0 spiro atoms. The fraction of sp³-hybridized carbons (Fsp3) is 0.556. The summed E-state index contributed by atoms with van der Waals surface area (Å²) in [6.07, 6.45) is -2.16. The van der Waals surface area contributed by atoms with Crippen molar-refractivity contribution in [2.75, 3.05) is 32.0 Å². The number of rotatable bonds is 41. The number of esters is 1. The van der Waals surface area contributed by atoms with E-state index < -0.39 is 273 Å². The molecule has 16 unspecified atom stereocenters. The predicted octanol–water partition coefficient (Wildman–Crippen LogP) is -3.95. The molecule has 25 N–H and O–H groups in total. The van der Waals surface area contributed by atoms with E-state index in [-0.39, 0.29) is 61.2 Å². The summed E-state index contributed by atoms with van der Waals surface area (Å²) >= 11 is 1.66. The number of amides is 15. The van der Waals surface area contributed by atoms with Crippen molar-refractivity contribution in [2.24, 2.45) is 16.8 Å². The van der Waals surface area contributed by atoms with Crippen LogP contribution in [0.1, 0.15) is 166 Å². The molecule has 2 aromatic carbocycles. The van der Waals surface area contributed by atoms with Crippen molar-refractivity contribution < 1.29 is 131 Å². The molecule has 6 rings (SSSR count). The van der Waals surface area contributed by atoms with Crippen molar-refractivity contribution in [3.63, 3.8) is 0 Å². The minimum absolute atomic E-state index is 0.00559. The van der Waals surface area contributed by atoms with Gasteiger partial charge in [-0.25, -0.2) is 4.79 Å². The summed E-state index contributed by atoms with van der Waals surface area (Å²) in [5.74, 6) is -30.2. The number of unbranched alkanes of at least 4 members (excludes halogenated alkanes) is 6. The molecular weight excluding hydrogens is 1750 g/mol. The normalized spacial score (nSPS) is 22.5. The molecule has 3 aromatic rings. The number of fused-ring (bicyclic) bond motifs is 2. The SMILES string of the molecule is CCCCCCCCCC(=O)NC(Cc1c[nH]c2ccccc12)C(=O)NC(CC(N)=O)C(=O)NC(CC(=O)O)C(=O)NC1C(=O)NCC(=O)NC(CCCNC(=O)CCCC2SCC3NC(=N)NC32)C(=O)NC(CC(=O)O)C(=O)NC(C)C(=O)NC(CC(=O)O)C(=O)NCC(=O)NC(CO)C(=O)NC(C(C)CC(=O)O)C(=O)NC(CC(=O)c2ccccc2N=[N+]=[N-])C(=O)OC1C. The first kappa shape index (κ1) is 106. The number of guanidine groups is 1. The Kier molecular flexibility index (Phi) is 42.8. The van der Waals surface area contributed by atoms with E-state index >= 15 is 9.59 Å². The lowest BCUT2D eigenvalue weighted by molar-refractivity contribution is -0.156. The van der Waals surface area contributed by atoms with Gasteiger partial charge in [0.2, 0.25) is 88.6 Å². The van der Waals surface area contributed by atoms with Gasteiger partial charge in [-0.05, 0) is 69.0 Å². The zero-order valence-electron chi connectivity index (χ0n) is 72.2. The molecular formula is C81H112N22O27S. The number of nitrogens with zero attached hydrogens (tertiary/aromatic N) is 3. The van der Waals surface area contributed by atoms with Crippen LogP contribution in [-0.2, 0) is 107 Å². The first-order chi connectivity index (χ1) is 62.2. The second kappa shape index (κ2) is 53.0. The van der Waals surface area contributed by atoms with Crippen LogP contribution < -0.4 is 90.8 Å². The molecule has 714 valence electrons. The molecule has 0 aliphatic carbocycles. The van der Waals surface area contributed by atoms with Gasteiger partial charge in [-0.2, -0.15) is 11.8 Å². The lowest BCUT2D eigenvalue weighted by atomic mass is 9.96. The molecule has 3 saturated heterocycles. The Labute approximate surface area is 752 Å². The van der Waals surface area contributed by atoms with E-state index in [1.165, 1.54) is 12.1 Å². The number of hydrogen-bond donors (Lipinski definition) is 24. The zero-order valence-corrected chi connectivity index (χ0v) is 73.0. The Hall–Kier alpha value is -14.1. The number of hydrogen-bond acceptors (Lipinski definition) is 26. The third kappa shape index (κ3) is 35.1. The van der Waals surface area contributed by atoms with Crippen LogP contribution in [0.4, 0.5) is 5.69 Å². The first-order valence-corrected chi connectivity index (χ1v) is 43.3. The number of ether oxygens (including phenoxy) is 1. The summed E-state index contributed by atoms with van der Waals surface area (Å²) in [6, 6.07) is -11.7. The first-order valence-electron chi connectivity index (χ1n) is 42.2. The number of aromatic nitrogens is 1. The average Bonchev–Trinajstić information content (AvgIpc) is 1.69. The van der Waals surface area contributed by atoms with Crippen molar-refractivity contribution in [3.8, 4) is 0 Å². The van der Waals surface area contributed by atoms with E-state index in [0.29, 0.717) is 42.1 Å². The van der Waals surface area contributed by atoms with E-state index in [1.807, 2.05) is 16.0 Å². The number of Topliss-reactive ketones (excluding diaryl/α,β-unsaturated/α-hetero) is 1. The molecule has 15 amide bonds. The molecule has 3 aliphatic heterocycles. The summed E-state index contributed by atoms with van der Waals surface area (Å²) < 4.78 is 5.74. The quantitative estimate of drug-likeness (QED) is 0.00644. The molecule has 0 radical (unpaired) electrons. The van der Waals surface area contributed by atoms with E-state index in [0.717, 1.165) is 70.8 Å². The number of H-pyrrole nitrogens is 1. The van der Waals surface area contributed by atoms with Gasteiger partial charge in [0.1, 0.15) is 72.6 Å². The van der Waals surface area contributed by atoms with Crippen LogP contribution in [0.15, 0.2) is 59.8 Å². The number of carboxylic acid groups (broad SMARTS) is 4. The lowest BCUT2D eigenvalue weighted by Gasteiger charge is -2.30. The third-order valence-electron chi connectivity index (χ3n) is 21.1. The minimum atomic E-state index is -2.53. The van der Waals surface area contributed by atoms with E-state index in [9.17, 15) is 122 Å². The Morgan fingerprint density at radius 2 is 1.17 bits per heavy atom. The number of aliphatic hydroxyl groups is 1. The Balaban J connectivity index is 1.42. The van der Waals surface area contributed by atoms with Crippen molar-refractivity contribution in [2.45, 2.75) is 246 Å². The topological polar surface area (TPSA) is 776 Å². The predicted molar refractivity (Wildman–Crippen MR) is 460 cm³/mol. The fourth-order valence-corrected chi connectivity index (χ4v) is 15.8. The van der Waals surface area contributed by atoms with E-state index in [1.54, 1.807) is 42.2 Å². The Morgan fingerprint density at radius 3 is 1.82 bits per heavy atom. The van der Waals surface area contributed by atoms with Crippen molar-refractivity contribution in [1.82, 2.24) is 90.1 Å². The summed E-state index contributed by atoms with van der Waals surface area (Å²) in [5.41, 5.74) is 15.4. The van der Waals surface area contributed by atoms with Crippen molar-refractivity contribution in [3.05, 3.63) is 76.3 Å². The van der Waals surface area contributed by atoms with Crippen LogP contribution in [0.2, 0.25) is 0 Å². The number of cyclic esters (lactones) is 1. The second-order valence-corrected chi connectivity index (χ2v) is 32.8. The van der Waals surface area contributed by atoms with Crippen LogP contribution in [0.5, 0.6) is 0 Å². The maximum Gasteiger partial charge on any atom is 0.329 e. The molecule has 3 fully saturated rings. The number of carbonyl (C=O) groups is 21. The van der Waals surface area contributed by atoms with Gasteiger partial charge in [0.25, 0.3) is 0 Å². The number of aromatic amines is 1. The average molecular weight is 1860 g/mol. The number of ketones is 1. The monoisotopic (exact) mass is 1860 g/mol. The van der Waals surface area contributed by atoms with Crippen LogP contribution in [0.25, 0.3) is 21.3 Å². The maximum absolute atomic E-state index is 15.1. The van der Waals surface area contributed by atoms with Gasteiger partial charge in [0, 0.05) is 76.5 Å². The van der Waals surface area contributed by atoms with E-state index in [4.69, 9.17) is 15.9 Å². The molecule has 0 saturated carbocycles. The number of aliphatic carboxylic acids is 4. The Morgan fingerprint density at radius 1 is 0.588 bits per heavy atom. The standard InChI is InChI=1S/C81H112N22O27S/c1-5-6-7-8-9-10-11-24-60(108)91-48(28-42-34-86-45-20-14-12-18-43(42)45)74(123)94-49(30-58(82)106)75(124)96-52(33-66(117)118)76(125)100-68-41(4)130-80(129)53(29-56(105)44-19-13-15-21-46(44)102-103-84)97-79(128)67(39(2)27-63(111)112)99-77(126)54(37-104)92-62(110)35-87-71(120)50(31-64(113)114)93-70(119)40(3)89-73(122)51(32-65(115)116)95-72(121)47(90-61(109)36-88-78(68)127)22-17-26-85-59(107)25-16-23-57-69-55(38-131-57)98-81(83)101-69/h12-15,18-21,34,39-41,47-55,57,67-69,86,104H,5-11,16-17,22-33,35-38H2,1-4H3,(H2,82,106)(H,85,107)(H,87,120)(H,88,127)(H,89,122)(H,90,109)(H,91,108)(H,92,110)(H,93,119)(H,94,123)(H,95,121)(H,96,124)(H,97,128)(H,99,126)(H,100,125)(H,111,112)(H,113,114)(H,115,116)(H,117,118)(H3,83,98,101). The largest absolute Gasteiger partial charge is 0.481 e. The van der Waals surface area contributed by atoms with Crippen molar-refractivity contribution >= 4 is 159 Å². The molecule has 3 aliphatic rings. The van der Waals surface area contributed by atoms with Gasteiger partial charge in [-0.3, -0.25) is 101 Å². The van der Waals surface area contributed by atoms with Crippen LogP contribution in [-0.4, -0.2) is 283 Å². The molecule has 131 heavy (non-hydrogen) atoms. The van der Waals surface area contributed by atoms with Gasteiger partial charge in [0.05, 0.1) is 63.9 Å². The summed E-state index contributed by atoms with van der Waals surface area (Å²) in [5, 5.41) is 99.7. The summed E-state index contributed by atoms with van der Waals surface area (Å²) in [6.45, 7) is 0.841. The summed E-state index contributed by atoms with van der Waals surface area (Å²) in [4.78, 5) is 297. The number of nitrogens with one attached hydrogen (secondary N) is 18. The number of carbonyl (C=O) groups excluding carboxylic acids is 17. The number of carboxylic acids is 4. The van der Waals surface area contributed by atoms with Gasteiger partial charge in [-0.1, -0.05) is 100.0 Å². The fourth-order valence-electron chi connectivity index (χ4n) is 14.3. The molecule has 16 atom stereocenters. The zero-order chi connectivity index (χ0) is 96.7. The van der Waals surface area contributed by atoms with Crippen LogP contribution in [0.3, 0.4) is 0 Å². The number of benzene rings is 2. The molecule has 0 bridgehead atoms. The Bertz CT molecular complexity index is 4760. The smallest absolute Gasteiger partial charge is 0.329 e. The summed E-state index contributed by atoms with van der Waals surface area (Å²) in [7, 11) is 0. The van der Waals surface area contributed by atoms with Crippen molar-refractivity contribution in [1.29, 1.82) is 5.41 Å². The highest BCUT2D eigenvalue weighted by Crippen LogP contribution is 2.33. The number of primary amides is 1. The van der Waals surface area contributed by atoms with Gasteiger partial charge in [-0.15, -0.1) is 0 Å². The molecule has 4 heterocycles. The number of thioether (sulfide) groups is 1. The second-order valence-electron chi connectivity index (χ2n) is 31.5. The van der Waals surface area contributed by atoms with Gasteiger partial charge < -0.3 is 126 Å². The number of aliphatic hydroxyl groups excluding tert-OH is 1. The highest BCUT2D eigenvalue weighted by molar-refractivity contribution is 8.00. The third-order valence-corrected chi connectivity index (χ3v) is 22.6. The number of azide groups is 1. The van der Waals surface area contributed by atoms with E-state index in [2.05, 4.69) is 91.1 Å². The highest BCUT2D eigenvalue weighted by Gasteiger charge is 2.44. The molecule has 49 nitrogen and oxygen atoms in total. The molecule has 50 heteroatoms. The van der Waals surface area contributed by atoms with Gasteiger partial charge >= 0.3 is 29.8 Å². The highest BCUT2D eigenvalue weighted by atomic mass is 32.2. The number of para-hydroxylation sites is 1. The minimum Gasteiger partial charge on any atom is -0.481 e. The van der Waals surface area contributed by atoms with Crippen LogP contribution in [0, 0.1) is 11.3 Å². The van der Waals surface area contributed by atoms with Crippen LogP contribution >= 0.6 is 11.8 Å².